The zero-order valence-electron chi connectivity index (χ0n) is 31.3. The number of hydrogen-bond acceptors (Lipinski definition) is 0. The van der Waals surface area contributed by atoms with Crippen molar-refractivity contribution in [3.63, 3.8) is 0 Å². The molecule has 0 aliphatic heterocycles. The van der Waals surface area contributed by atoms with Gasteiger partial charge in [-0.05, 0) is 51.4 Å². The Balaban J connectivity index is 4.45. The van der Waals surface area contributed by atoms with Gasteiger partial charge in [0.05, 0.1) is 26.2 Å². The molecule has 0 rings (SSSR count). The molecule has 0 N–H and O–H groups in total. The monoisotopic (exact) mass is 607 g/mol. The normalized spacial score (nSPS) is 12.0. The topological polar surface area (TPSA) is 0 Å². The first-order valence-electron chi connectivity index (χ1n) is 21.1. The lowest BCUT2D eigenvalue weighted by molar-refractivity contribution is -0.929. The summed E-state index contributed by atoms with van der Waals surface area (Å²) >= 11 is 0. The van der Waals surface area contributed by atoms with E-state index in [1.54, 1.807) is 0 Å². The first kappa shape index (κ1) is 43.0. The van der Waals surface area contributed by atoms with Crippen LogP contribution in [0, 0.1) is 0 Å². The third-order valence-electron chi connectivity index (χ3n) is 10.4. The fourth-order valence-electron chi connectivity index (χ4n) is 7.35. The van der Waals surface area contributed by atoms with Crippen LogP contribution in [0.15, 0.2) is 0 Å². The van der Waals surface area contributed by atoms with Crippen LogP contribution in [0.2, 0.25) is 0 Å². The van der Waals surface area contributed by atoms with Gasteiger partial charge in [-0.25, -0.2) is 0 Å². The highest BCUT2D eigenvalue weighted by Crippen LogP contribution is 2.21. The van der Waals surface area contributed by atoms with E-state index in [1.165, 1.54) is 249 Å². The molecule has 0 saturated carbocycles. The van der Waals surface area contributed by atoms with E-state index in [9.17, 15) is 0 Å². The zero-order chi connectivity index (χ0) is 31.4. The molecule has 0 saturated heterocycles. The molecule has 0 atom stereocenters. The number of quaternary nitrogens is 1. The number of hydrogen-bond donors (Lipinski definition) is 0. The van der Waals surface area contributed by atoms with Crippen molar-refractivity contribution in [2.75, 3.05) is 26.2 Å². The van der Waals surface area contributed by atoms with Gasteiger partial charge in [0.15, 0.2) is 0 Å². The van der Waals surface area contributed by atoms with E-state index >= 15 is 0 Å². The lowest BCUT2D eigenvalue weighted by Crippen LogP contribution is -2.50. The maximum Gasteiger partial charge on any atom is 0.0786 e. The zero-order valence-corrected chi connectivity index (χ0v) is 31.3. The Morgan fingerprint density at radius 2 is 0.326 bits per heavy atom. The van der Waals surface area contributed by atoms with E-state index in [2.05, 4.69) is 27.7 Å². The van der Waals surface area contributed by atoms with E-state index in [0.717, 1.165) is 0 Å². The maximum atomic E-state index is 2.35. The van der Waals surface area contributed by atoms with Gasteiger partial charge in [-0.15, -0.1) is 0 Å². The molecule has 0 fully saturated rings. The van der Waals surface area contributed by atoms with Gasteiger partial charge in [0.25, 0.3) is 0 Å². The van der Waals surface area contributed by atoms with Crippen LogP contribution in [0.4, 0.5) is 0 Å². The number of rotatable bonds is 38. The molecule has 0 amide bonds. The minimum atomic E-state index is 1.37. The predicted octanol–water partition coefficient (Wildman–Crippen LogP) is 15.1. The summed E-state index contributed by atoms with van der Waals surface area (Å²) in [5, 5.41) is 0. The summed E-state index contributed by atoms with van der Waals surface area (Å²) in [6.45, 7) is 15.3. The predicted molar refractivity (Wildman–Crippen MR) is 199 cm³/mol. The van der Waals surface area contributed by atoms with Gasteiger partial charge >= 0.3 is 0 Å². The SMILES string of the molecule is CCCCCCCCCCCCCCCCCC[N+](CCCCCCCC)(CCCCCCCC)CCCCCCCC. The van der Waals surface area contributed by atoms with Crippen molar-refractivity contribution in [2.45, 2.75) is 246 Å². The van der Waals surface area contributed by atoms with Crippen LogP contribution in [-0.2, 0) is 0 Å². The van der Waals surface area contributed by atoms with Crippen molar-refractivity contribution >= 4 is 0 Å². The van der Waals surface area contributed by atoms with Crippen LogP contribution in [0.25, 0.3) is 0 Å². The second kappa shape index (κ2) is 36.4. The quantitative estimate of drug-likeness (QED) is 0.0484. The molecule has 0 aromatic heterocycles. The highest BCUT2D eigenvalue weighted by atomic mass is 15.3. The Labute approximate surface area is 276 Å². The Bertz CT molecular complexity index is 444. The van der Waals surface area contributed by atoms with Crippen molar-refractivity contribution in [2.24, 2.45) is 0 Å². The van der Waals surface area contributed by atoms with Gasteiger partial charge < -0.3 is 4.48 Å². The second-order valence-electron chi connectivity index (χ2n) is 14.8. The molecule has 0 aliphatic rings. The molecule has 0 aliphatic carbocycles. The fourth-order valence-corrected chi connectivity index (χ4v) is 7.35. The standard InChI is InChI=1S/C42H88N/c1-5-9-13-17-21-22-23-24-25-26-27-28-29-30-34-38-42-43(39-35-31-18-14-10-6-2,40-36-32-19-15-11-7-3)41-37-33-20-16-12-8-4/h5-42H2,1-4H3/q+1. The van der Waals surface area contributed by atoms with E-state index in [4.69, 9.17) is 0 Å². The molecule has 0 heterocycles. The van der Waals surface area contributed by atoms with Gasteiger partial charge in [0.1, 0.15) is 0 Å². The van der Waals surface area contributed by atoms with Crippen LogP contribution < -0.4 is 0 Å². The molecule has 260 valence electrons. The third kappa shape index (κ3) is 31.7. The highest BCUT2D eigenvalue weighted by molar-refractivity contribution is 4.56. The maximum absolute atomic E-state index is 2.35. The highest BCUT2D eigenvalue weighted by Gasteiger charge is 2.25. The van der Waals surface area contributed by atoms with Gasteiger partial charge in [0, 0.05) is 0 Å². The Kier molecular flexibility index (Phi) is 36.4. The molecule has 0 radical (unpaired) electrons. The van der Waals surface area contributed by atoms with Crippen LogP contribution in [0.5, 0.6) is 0 Å². The summed E-state index contributed by atoms with van der Waals surface area (Å²) in [6, 6.07) is 0. The Hall–Kier alpha value is -0.0400. The molecule has 43 heavy (non-hydrogen) atoms. The molecule has 0 aromatic rings. The molecule has 0 spiro atoms. The number of unbranched alkanes of at least 4 members (excludes halogenated alkanes) is 30. The minimum absolute atomic E-state index is 1.37. The van der Waals surface area contributed by atoms with Crippen molar-refractivity contribution in [3.05, 3.63) is 0 Å². The minimum Gasteiger partial charge on any atom is -0.324 e. The summed E-state index contributed by atoms with van der Waals surface area (Å²) in [4.78, 5) is 0. The van der Waals surface area contributed by atoms with Crippen molar-refractivity contribution in [1.82, 2.24) is 0 Å². The van der Waals surface area contributed by atoms with Gasteiger partial charge in [0.2, 0.25) is 0 Å². The Morgan fingerprint density at radius 1 is 0.186 bits per heavy atom. The molecular formula is C42H88N+. The molecule has 1 nitrogen and oxygen atoms in total. The van der Waals surface area contributed by atoms with Crippen molar-refractivity contribution in [1.29, 1.82) is 0 Å². The lowest BCUT2D eigenvalue weighted by atomic mass is 10.0. The fraction of sp³-hybridized carbons (Fsp3) is 1.00. The summed E-state index contributed by atoms with van der Waals surface area (Å²) in [5.74, 6) is 0. The first-order valence-corrected chi connectivity index (χ1v) is 21.1. The average Bonchev–Trinajstić information content (AvgIpc) is 3.02. The van der Waals surface area contributed by atoms with Gasteiger partial charge in [-0.1, -0.05) is 195 Å². The smallest absolute Gasteiger partial charge is 0.0786 e. The van der Waals surface area contributed by atoms with Crippen LogP contribution >= 0.6 is 0 Å². The average molecular weight is 607 g/mol. The molecule has 0 aromatic carbocycles. The summed E-state index contributed by atoms with van der Waals surface area (Å²) in [7, 11) is 0. The van der Waals surface area contributed by atoms with Gasteiger partial charge in [-0.2, -0.15) is 0 Å². The van der Waals surface area contributed by atoms with E-state index in [1.807, 2.05) is 0 Å². The van der Waals surface area contributed by atoms with Crippen LogP contribution in [0.3, 0.4) is 0 Å². The second-order valence-corrected chi connectivity index (χ2v) is 14.8. The molecule has 1 heteroatoms. The molecule has 0 bridgehead atoms. The van der Waals surface area contributed by atoms with Crippen molar-refractivity contribution in [3.8, 4) is 0 Å². The summed E-state index contributed by atoms with van der Waals surface area (Å²) in [6.07, 6.45) is 49.7. The first-order chi connectivity index (χ1) is 21.2. The third-order valence-corrected chi connectivity index (χ3v) is 10.4. The van der Waals surface area contributed by atoms with Gasteiger partial charge in [-0.3, -0.25) is 0 Å². The largest absolute Gasteiger partial charge is 0.324 e. The summed E-state index contributed by atoms with van der Waals surface area (Å²) in [5.41, 5.74) is 0. The van der Waals surface area contributed by atoms with Crippen molar-refractivity contribution < 1.29 is 4.48 Å². The van der Waals surface area contributed by atoms with Crippen LogP contribution in [0.1, 0.15) is 246 Å². The van der Waals surface area contributed by atoms with Crippen LogP contribution in [-0.4, -0.2) is 30.7 Å². The molecule has 0 unspecified atom stereocenters. The molecular weight excluding hydrogens is 518 g/mol. The summed E-state index contributed by atoms with van der Waals surface area (Å²) < 4.78 is 1.48. The lowest BCUT2D eigenvalue weighted by Gasteiger charge is -2.40. The van der Waals surface area contributed by atoms with E-state index < -0.39 is 0 Å². The number of nitrogens with zero attached hydrogens (tertiary/aromatic N) is 1. The Morgan fingerprint density at radius 3 is 0.488 bits per heavy atom. The van der Waals surface area contributed by atoms with E-state index in [-0.39, 0.29) is 0 Å². The van der Waals surface area contributed by atoms with E-state index in [0.29, 0.717) is 0 Å².